The topological polar surface area (TPSA) is 111 Å². The number of Topliss-reactive ketones (excluding diaryl/α,β-unsaturated/α-hetero) is 1. The van der Waals surface area contributed by atoms with Gasteiger partial charge >= 0.3 is 5.97 Å². The minimum atomic E-state index is -0.737. The maximum Gasteiger partial charge on any atom is 0.338 e. The number of hydrogen-bond acceptors (Lipinski definition) is 8. The highest BCUT2D eigenvalue weighted by Crippen LogP contribution is 2.28. The van der Waals surface area contributed by atoms with Gasteiger partial charge < -0.3 is 19.5 Å². The Morgan fingerprint density at radius 2 is 1.68 bits per heavy atom. The van der Waals surface area contributed by atoms with Gasteiger partial charge in [-0.05, 0) is 73.1 Å². The van der Waals surface area contributed by atoms with Crippen LogP contribution in [0.1, 0.15) is 32.7 Å². The van der Waals surface area contributed by atoms with Crippen molar-refractivity contribution in [3.05, 3.63) is 87.4 Å². The van der Waals surface area contributed by atoms with Gasteiger partial charge in [0.2, 0.25) is 11.7 Å². The van der Waals surface area contributed by atoms with Gasteiger partial charge in [-0.1, -0.05) is 29.3 Å². The molecule has 0 radical (unpaired) electrons. The number of nitrogens with zero attached hydrogens (tertiary/aromatic N) is 1. The van der Waals surface area contributed by atoms with Gasteiger partial charge in [0, 0.05) is 10.6 Å². The summed E-state index contributed by atoms with van der Waals surface area (Å²) in [4.78, 5) is 51.5. The van der Waals surface area contributed by atoms with Crippen LogP contribution in [0.5, 0.6) is 11.5 Å². The molecule has 40 heavy (non-hydrogen) atoms. The van der Waals surface area contributed by atoms with E-state index in [1.165, 1.54) is 42.5 Å². The minimum Gasteiger partial charge on any atom is -0.493 e. The van der Waals surface area contributed by atoms with Gasteiger partial charge in [-0.15, -0.1) is 0 Å². The second-order valence-corrected chi connectivity index (χ2v) is 9.73. The number of ether oxygens (including phenoxy) is 3. The summed E-state index contributed by atoms with van der Waals surface area (Å²) in [6, 6.07) is 15.1. The van der Waals surface area contributed by atoms with Crippen molar-refractivity contribution in [3.8, 4) is 11.5 Å². The predicted molar refractivity (Wildman–Crippen MR) is 150 cm³/mol. The number of nitrogens with one attached hydrogen (secondary N) is 1. The maximum absolute atomic E-state index is 13.0. The summed E-state index contributed by atoms with van der Waals surface area (Å²) in [7, 11) is 3.13. The highest BCUT2D eigenvalue weighted by molar-refractivity contribution is 6.36. The van der Waals surface area contributed by atoms with E-state index in [1.807, 2.05) is 18.2 Å². The molecule has 1 unspecified atom stereocenters. The van der Waals surface area contributed by atoms with Crippen molar-refractivity contribution in [1.29, 1.82) is 0 Å². The highest BCUT2D eigenvalue weighted by atomic mass is 35.5. The summed E-state index contributed by atoms with van der Waals surface area (Å²) >= 11 is 11.9. The summed E-state index contributed by atoms with van der Waals surface area (Å²) < 4.78 is 15.7. The van der Waals surface area contributed by atoms with E-state index in [1.54, 1.807) is 14.2 Å². The molecule has 1 aliphatic heterocycles. The van der Waals surface area contributed by atoms with E-state index >= 15 is 0 Å². The Morgan fingerprint density at radius 3 is 2.35 bits per heavy atom. The van der Waals surface area contributed by atoms with Crippen LogP contribution in [0.25, 0.3) is 0 Å². The minimum absolute atomic E-state index is 0.0178. The van der Waals surface area contributed by atoms with Crippen LogP contribution in [0, 0.1) is 0 Å². The van der Waals surface area contributed by atoms with Gasteiger partial charge in [0.1, 0.15) is 0 Å². The Bertz CT molecular complexity index is 1440. The maximum atomic E-state index is 13.0. The largest absolute Gasteiger partial charge is 0.493 e. The molecule has 1 aliphatic rings. The molecule has 0 saturated carbocycles. The average Bonchev–Trinajstić information content (AvgIpc) is 3.23. The van der Waals surface area contributed by atoms with Crippen molar-refractivity contribution in [2.75, 3.05) is 32.3 Å². The first-order valence-electron chi connectivity index (χ1n) is 12.3. The van der Waals surface area contributed by atoms with E-state index in [0.29, 0.717) is 35.2 Å². The van der Waals surface area contributed by atoms with Gasteiger partial charge in [0.05, 0.1) is 43.0 Å². The Kier molecular flexibility index (Phi) is 9.42. The van der Waals surface area contributed by atoms with Crippen LogP contribution in [-0.4, -0.2) is 57.0 Å². The molecule has 4 rings (SSSR count). The van der Waals surface area contributed by atoms with E-state index in [4.69, 9.17) is 37.4 Å². The van der Waals surface area contributed by atoms with Crippen LogP contribution in [0.4, 0.5) is 5.69 Å². The second-order valence-electron chi connectivity index (χ2n) is 8.89. The lowest BCUT2D eigenvalue weighted by Gasteiger charge is -2.16. The van der Waals surface area contributed by atoms with Crippen LogP contribution in [-0.2, 0) is 20.7 Å². The van der Waals surface area contributed by atoms with Gasteiger partial charge in [0.15, 0.2) is 18.1 Å². The Hall–Kier alpha value is -3.92. The molecule has 0 bridgehead atoms. The summed E-state index contributed by atoms with van der Waals surface area (Å²) in [6.07, 6.45) is 0.631. The van der Waals surface area contributed by atoms with E-state index in [-0.39, 0.29) is 34.4 Å². The number of amides is 2. The third kappa shape index (κ3) is 6.62. The van der Waals surface area contributed by atoms with Crippen molar-refractivity contribution in [3.63, 3.8) is 0 Å². The lowest BCUT2D eigenvalue weighted by Crippen LogP contribution is -2.39. The van der Waals surface area contributed by atoms with Crippen LogP contribution in [0.15, 0.2) is 60.7 Å². The Balaban J connectivity index is 1.31. The second kappa shape index (κ2) is 13.0. The van der Waals surface area contributed by atoms with Crippen LogP contribution in [0.2, 0.25) is 10.0 Å². The lowest BCUT2D eigenvalue weighted by atomic mass is 10.1. The molecule has 1 fully saturated rings. The molecular formula is C29H26Cl2N2O7. The number of rotatable bonds is 11. The Labute approximate surface area is 240 Å². The number of carbonyl (C=O) groups excluding carboxylic acids is 4. The van der Waals surface area contributed by atoms with Crippen LogP contribution in [0.3, 0.4) is 0 Å². The monoisotopic (exact) mass is 584 g/mol. The molecule has 1 heterocycles. The number of methoxy groups -OCH3 is 2. The fourth-order valence-electron chi connectivity index (χ4n) is 4.24. The summed E-state index contributed by atoms with van der Waals surface area (Å²) in [5.41, 5.74) is 1.66. The first kappa shape index (κ1) is 29.1. The summed E-state index contributed by atoms with van der Waals surface area (Å²) in [5.74, 6) is -0.707. The van der Waals surface area contributed by atoms with E-state index < -0.39 is 24.4 Å². The molecule has 1 N–H and O–H groups in total. The normalized spacial score (nSPS) is 14.8. The molecule has 0 spiro atoms. The molecule has 9 nitrogen and oxygen atoms in total. The van der Waals surface area contributed by atoms with Crippen LogP contribution < -0.4 is 19.7 Å². The highest BCUT2D eigenvalue weighted by Gasteiger charge is 2.39. The SMILES string of the molecule is COc1ccc(CCNC2CC(=O)N(c3ccc(C(=O)OCC(=O)c4ccc(Cl)cc4Cl)cc3)C2=O)cc1OC. The molecule has 208 valence electrons. The van der Waals surface area contributed by atoms with E-state index in [0.717, 1.165) is 10.5 Å². The number of halogens is 2. The van der Waals surface area contributed by atoms with Gasteiger partial charge in [0.25, 0.3) is 5.91 Å². The first-order valence-corrected chi connectivity index (χ1v) is 13.0. The average molecular weight is 585 g/mol. The molecule has 3 aromatic carbocycles. The zero-order valence-corrected chi connectivity index (χ0v) is 23.3. The first-order chi connectivity index (χ1) is 19.2. The summed E-state index contributed by atoms with van der Waals surface area (Å²) in [5, 5.41) is 3.69. The fourth-order valence-corrected chi connectivity index (χ4v) is 4.76. The number of imide groups is 1. The number of ketones is 1. The smallest absolute Gasteiger partial charge is 0.338 e. The third-order valence-electron chi connectivity index (χ3n) is 6.33. The zero-order chi connectivity index (χ0) is 28.8. The van der Waals surface area contributed by atoms with E-state index in [2.05, 4.69) is 5.32 Å². The lowest BCUT2D eigenvalue weighted by molar-refractivity contribution is -0.121. The predicted octanol–water partition coefficient (Wildman–Crippen LogP) is 4.51. The fraction of sp³-hybridized carbons (Fsp3) is 0.241. The number of benzene rings is 3. The standard InChI is InChI=1S/C29H26Cl2N2O7/c1-38-25-10-3-17(13-26(25)39-2)11-12-32-23-15-27(35)33(28(23)36)20-7-4-18(5-8-20)29(37)40-16-24(34)21-9-6-19(30)14-22(21)31/h3-10,13-14,23,32H,11-12,15-16H2,1-2H3. The van der Waals surface area contributed by atoms with Gasteiger partial charge in [-0.3, -0.25) is 14.4 Å². The van der Waals surface area contributed by atoms with Crippen molar-refractivity contribution in [1.82, 2.24) is 5.32 Å². The van der Waals surface area contributed by atoms with Gasteiger partial charge in [-0.25, -0.2) is 9.69 Å². The van der Waals surface area contributed by atoms with Crippen molar-refractivity contribution >= 4 is 52.5 Å². The number of anilines is 1. The third-order valence-corrected chi connectivity index (χ3v) is 6.87. The van der Waals surface area contributed by atoms with Crippen molar-refractivity contribution in [2.24, 2.45) is 0 Å². The summed E-state index contributed by atoms with van der Waals surface area (Å²) in [6.45, 7) is -0.0422. The molecule has 0 aliphatic carbocycles. The zero-order valence-electron chi connectivity index (χ0n) is 21.7. The number of carbonyl (C=O) groups is 4. The molecular weight excluding hydrogens is 559 g/mol. The van der Waals surface area contributed by atoms with Gasteiger partial charge in [-0.2, -0.15) is 0 Å². The molecule has 1 saturated heterocycles. The molecule has 1 atom stereocenters. The Morgan fingerprint density at radius 1 is 0.950 bits per heavy atom. The molecule has 3 aromatic rings. The quantitative estimate of drug-likeness (QED) is 0.199. The molecule has 0 aromatic heterocycles. The molecule has 11 heteroatoms. The van der Waals surface area contributed by atoms with Crippen molar-refractivity contribution < 1.29 is 33.4 Å². The van der Waals surface area contributed by atoms with E-state index in [9.17, 15) is 19.2 Å². The number of esters is 1. The number of hydrogen-bond donors (Lipinski definition) is 1. The van der Waals surface area contributed by atoms with Crippen molar-refractivity contribution in [2.45, 2.75) is 18.9 Å². The van der Waals surface area contributed by atoms with Crippen LogP contribution >= 0.6 is 23.2 Å². The molecule has 2 amide bonds.